The lowest BCUT2D eigenvalue weighted by Crippen LogP contribution is -2.17. The number of hydrogen-bond donors (Lipinski definition) is 3. The van der Waals surface area contributed by atoms with Crippen LogP contribution in [0.15, 0.2) is 21.7 Å². The van der Waals surface area contributed by atoms with Crippen LogP contribution < -0.4 is 4.72 Å². The summed E-state index contributed by atoms with van der Waals surface area (Å²) in [5.41, 5.74) is -0.378. The normalized spacial score (nSPS) is 11.5. The summed E-state index contributed by atoms with van der Waals surface area (Å²) in [6.07, 6.45) is 2.80. The number of sulfonamides is 1. The van der Waals surface area contributed by atoms with Gasteiger partial charge >= 0.3 is 5.97 Å². The standard InChI is InChI=1S/C10H11N3O5S/c1-5-7(9(14)15)8(6(2)18-5)19(16,17)13-10-11-3-4-12-10/h3-4H,1-2H3,(H,14,15)(H2,11,12,13). The van der Waals surface area contributed by atoms with E-state index in [0.29, 0.717) is 0 Å². The highest BCUT2D eigenvalue weighted by Gasteiger charge is 2.31. The minimum Gasteiger partial charge on any atom is -0.478 e. The molecule has 0 atom stereocenters. The zero-order valence-electron chi connectivity index (χ0n) is 10.1. The fourth-order valence-corrected chi connectivity index (χ4v) is 3.12. The third-order valence-electron chi connectivity index (χ3n) is 2.42. The van der Waals surface area contributed by atoms with Crippen molar-refractivity contribution in [3.63, 3.8) is 0 Å². The van der Waals surface area contributed by atoms with Crippen LogP contribution >= 0.6 is 0 Å². The quantitative estimate of drug-likeness (QED) is 0.772. The second kappa shape index (κ2) is 4.43. The van der Waals surface area contributed by atoms with E-state index in [1.165, 1.54) is 26.2 Å². The van der Waals surface area contributed by atoms with Gasteiger partial charge in [0.1, 0.15) is 22.0 Å². The van der Waals surface area contributed by atoms with Gasteiger partial charge in [-0.3, -0.25) is 0 Å². The van der Waals surface area contributed by atoms with Gasteiger partial charge in [-0.1, -0.05) is 0 Å². The Morgan fingerprint density at radius 3 is 2.63 bits per heavy atom. The minimum absolute atomic E-state index is 0.00501. The van der Waals surface area contributed by atoms with Crippen LogP contribution in [0.1, 0.15) is 21.9 Å². The predicted octanol–water partition coefficient (Wildman–Crippen LogP) is 1.12. The summed E-state index contributed by atoms with van der Waals surface area (Å²) in [6.45, 7) is 2.78. The molecule has 19 heavy (non-hydrogen) atoms. The number of furan rings is 1. The number of anilines is 1. The molecule has 0 radical (unpaired) electrons. The van der Waals surface area contributed by atoms with Gasteiger partial charge in [-0.25, -0.2) is 22.9 Å². The lowest BCUT2D eigenvalue weighted by Gasteiger charge is -2.05. The molecule has 0 spiro atoms. The molecule has 3 N–H and O–H groups in total. The maximum absolute atomic E-state index is 12.2. The van der Waals surface area contributed by atoms with Crippen molar-refractivity contribution in [3.05, 3.63) is 29.5 Å². The average molecular weight is 285 g/mol. The number of nitrogens with one attached hydrogen (secondary N) is 2. The summed E-state index contributed by atoms with van der Waals surface area (Å²) < 4.78 is 31.6. The fraction of sp³-hybridized carbons (Fsp3) is 0.200. The summed E-state index contributed by atoms with van der Waals surface area (Å²) in [4.78, 5) is 17.0. The molecule has 8 nitrogen and oxygen atoms in total. The highest BCUT2D eigenvalue weighted by Crippen LogP contribution is 2.27. The largest absolute Gasteiger partial charge is 0.478 e. The Morgan fingerprint density at radius 2 is 2.11 bits per heavy atom. The Hall–Kier alpha value is -2.29. The maximum Gasteiger partial charge on any atom is 0.340 e. The van der Waals surface area contributed by atoms with Crippen LogP contribution in [-0.4, -0.2) is 29.5 Å². The first-order valence-corrected chi connectivity index (χ1v) is 6.66. The van der Waals surface area contributed by atoms with Crippen LogP contribution in [0.2, 0.25) is 0 Å². The van der Waals surface area contributed by atoms with Crippen molar-refractivity contribution in [2.45, 2.75) is 18.7 Å². The van der Waals surface area contributed by atoms with E-state index in [2.05, 4.69) is 14.7 Å². The summed E-state index contributed by atoms with van der Waals surface area (Å²) in [5, 5.41) is 9.07. The van der Waals surface area contributed by atoms with Crippen molar-refractivity contribution >= 4 is 21.9 Å². The van der Waals surface area contributed by atoms with Crippen LogP contribution in [0.3, 0.4) is 0 Å². The van der Waals surface area contributed by atoms with Crippen molar-refractivity contribution in [1.29, 1.82) is 0 Å². The van der Waals surface area contributed by atoms with E-state index >= 15 is 0 Å². The van der Waals surface area contributed by atoms with Gasteiger partial charge in [0.15, 0.2) is 0 Å². The first-order valence-electron chi connectivity index (χ1n) is 5.18. The fourth-order valence-electron chi connectivity index (χ4n) is 1.73. The molecule has 0 saturated heterocycles. The number of aromatic carboxylic acids is 1. The summed E-state index contributed by atoms with van der Waals surface area (Å²) in [7, 11) is -4.09. The Kier molecular flexibility index (Phi) is 3.06. The van der Waals surface area contributed by atoms with E-state index in [1.807, 2.05) is 0 Å². The molecule has 0 aliphatic rings. The zero-order valence-corrected chi connectivity index (χ0v) is 10.9. The van der Waals surface area contributed by atoms with E-state index in [-0.39, 0.29) is 23.0 Å². The Labute approximate surface area is 108 Å². The zero-order chi connectivity index (χ0) is 14.2. The topological polar surface area (TPSA) is 125 Å². The minimum atomic E-state index is -4.09. The van der Waals surface area contributed by atoms with E-state index in [0.717, 1.165) is 0 Å². The lowest BCUT2D eigenvalue weighted by molar-refractivity contribution is 0.0691. The average Bonchev–Trinajstić information content (AvgIpc) is 2.85. The molecule has 0 saturated carbocycles. The number of rotatable bonds is 4. The van der Waals surface area contributed by atoms with Crippen molar-refractivity contribution in [3.8, 4) is 0 Å². The van der Waals surface area contributed by atoms with Crippen LogP contribution in [0.25, 0.3) is 0 Å². The number of carbonyl (C=O) groups is 1. The molecular formula is C10H11N3O5S. The van der Waals surface area contributed by atoms with Gasteiger partial charge in [-0.15, -0.1) is 0 Å². The van der Waals surface area contributed by atoms with E-state index < -0.39 is 20.9 Å². The first-order chi connectivity index (χ1) is 8.83. The monoisotopic (exact) mass is 285 g/mol. The lowest BCUT2D eigenvalue weighted by atomic mass is 10.2. The summed E-state index contributed by atoms with van der Waals surface area (Å²) >= 11 is 0. The Morgan fingerprint density at radius 1 is 1.42 bits per heavy atom. The van der Waals surface area contributed by atoms with Crippen LogP contribution in [0.5, 0.6) is 0 Å². The van der Waals surface area contributed by atoms with Crippen molar-refractivity contribution in [2.24, 2.45) is 0 Å². The molecule has 2 rings (SSSR count). The molecule has 0 fully saturated rings. The van der Waals surface area contributed by atoms with Gasteiger partial charge in [0.05, 0.1) is 0 Å². The summed E-state index contributed by atoms with van der Waals surface area (Å²) in [5.74, 6) is -1.33. The molecule has 0 aromatic carbocycles. The van der Waals surface area contributed by atoms with Gasteiger partial charge in [-0.2, -0.15) is 0 Å². The molecule has 2 aromatic rings. The third kappa shape index (κ3) is 2.32. The molecule has 0 amide bonds. The summed E-state index contributed by atoms with van der Waals surface area (Å²) in [6, 6.07) is 0. The highest BCUT2D eigenvalue weighted by atomic mass is 32.2. The number of aromatic nitrogens is 2. The van der Waals surface area contributed by atoms with E-state index in [4.69, 9.17) is 9.52 Å². The Balaban J connectivity index is 2.55. The molecule has 0 bridgehead atoms. The number of hydrogen-bond acceptors (Lipinski definition) is 5. The third-order valence-corrected chi connectivity index (χ3v) is 3.91. The highest BCUT2D eigenvalue weighted by molar-refractivity contribution is 7.92. The van der Waals surface area contributed by atoms with E-state index in [9.17, 15) is 13.2 Å². The molecule has 0 aliphatic heterocycles. The van der Waals surface area contributed by atoms with Crippen molar-refractivity contribution < 1.29 is 22.7 Å². The SMILES string of the molecule is Cc1oc(C)c(S(=O)(=O)Nc2ncc[nH]2)c1C(=O)O. The number of nitrogens with zero attached hydrogens (tertiary/aromatic N) is 1. The van der Waals surface area contributed by atoms with Gasteiger partial charge in [0.2, 0.25) is 5.95 Å². The van der Waals surface area contributed by atoms with E-state index in [1.54, 1.807) is 0 Å². The number of carboxylic acids is 1. The van der Waals surface area contributed by atoms with Gasteiger partial charge in [0, 0.05) is 12.4 Å². The van der Waals surface area contributed by atoms with Gasteiger partial charge in [-0.05, 0) is 13.8 Å². The molecule has 0 unspecified atom stereocenters. The maximum atomic E-state index is 12.2. The first kappa shape index (κ1) is 13.1. The molecule has 102 valence electrons. The van der Waals surface area contributed by atoms with Crippen LogP contribution in [0.4, 0.5) is 5.95 Å². The van der Waals surface area contributed by atoms with Gasteiger partial charge in [0.25, 0.3) is 10.0 Å². The van der Waals surface area contributed by atoms with Crippen molar-refractivity contribution in [2.75, 3.05) is 4.72 Å². The second-order valence-electron chi connectivity index (χ2n) is 3.77. The van der Waals surface area contributed by atoms with Crippen LogP contribution in [-0.2, 0) is 10.0 Å². The Bertz CT molecular complexity index is 715. The number of carboxylic acid groups (broad SMARTS) is 1. The molecule has 0 aliphatic carbocycles. The number of H-pyrrole nitrogens is 1. The van der Waals surface area contributed by atoms with Gasteiger partial charge < -0.3 is 14.5 Å². The number of imidazole rings is 1. The molecule has 9 heteroatoms. The number of aryl methyl sites for hydroxylation is 2. The molecular weight excluding hydrogens is 274 g/mol. The second-order valence-corrected chi connectivity index (χ2v) is 5.39. The smallest absolute Gasteiger partial charge is 0.340 e. The number of aromatic amines is 1. The van der Waals surface area contributed by atoms with Crippen molar-refractivity contribution in [1.82, 2.24) is 9.97 Å². The predicted molar refractivity (Wildman–Crippen MR) is 64.5 cm³/mol. The molecule has 2 heterocycles. The molecule has 2 aromatic heterocycles. The van der Waals surface area contributed by atoms with Crippen LogP contribution in [0, 0.1) is 13.8 Å².